The first-order chi connectivity index (χ1) is 12.3. The summed E-state index contributed by atoms with van der Waals surface area (Å²) in [5.74, 6) is 0.470. The maximum absolute atomic E-state index is 6.12. The fourth-order valence-corrected chi connectivity index (χ4v) is 2.48. The molecule has 2 aromatic carbocycles. The molecular formula is C21H21N3O. The smallest absolute Gasteiger partial charge is 0.127 e. The van der Waals surface area contributed by atoms with Crippen molar-refractivity contribution in [1.82, 2.24) is 4.98 Å². The topological polar surface area (TPSA) is 60.5 Å². The van der Waals surface area contributed by atoms with Gasteiger partial charge in [0.1, 0.15) is 11.9 Å². The van der Waals surface area contributed by atoms with Gasteiger partial charge in [-0.05, 0) is 23.3 Å². The fraction of sp³-hybridized carbons (Fsp3) is 0.143. The van der Waals surface area contributed by atoms with Crippen LogP contribution in [0.2, 0.25) is 0 Å². The third-order valence-electron chi connectivity index (χ3n) is 3.85. The van der Waals surface area contributed by atoms with Crippen LogP contribution in [0.25, 0.3) is 0 Å². The monoisotopic (exact) mass is 331 g/mol. The van der Waals surface area contributed by atoms with Gasteiger partial charge in [0, 0.05) is 18.0 Å². The summed E-state index contributed by atoms with van der Waals surface area (Å²) in [7, 11) is 0. The number of pyridine rings is 1. The number of benzene rings is 2. The van der Waals surface area contributed by atoms with Crippen molar-refractivity contribution in [2.45, 2.75) is 12.7 Å². The molecule has 4 heteroatoms. The van der Waals surface area contributed by atoms with E-state index in [2.05, 4.69) is 22.1 Å². The second-order valence-electron chi connectivity index (χ2n) is 5.66. The number of rotatable bonds is 7. The third-order valence-corrected chi connectivity index (χ3v) is 3.85. The summed E-state index contributed by atoms with van der Waals surface area (Å²) in [6.45, 7) is 0.986. The SMILES string of the molecule is NC(=NCC(OCc1ccccc1)c1ccccc1)c1cccnc1. The molecule has 0 spiro atoms. The van der Waals surface area contributed by atoms with Gasteiger partial charge in [-0.15, -0.1) is 0 Å². The lowest BCUT2D eigenvalue weighted by molar-refractivity contribution is 0.0460. The molecule has 3 aromatic rings. The van der Waals surface area contributed by atoms with Crippen molar-refractivity contribution in [2.75, 3.05) is 6.54 Å². The van der Waals surface area contributed by atoms with Gasteiger partial charge in [0.05, 0.1) is 13.2 Å². The Kier molecular flexibility index (Phi) is 5.91. The summed E-state index contributed by atoms with van der Waals surface area (Å²) in [4.78, 5) is 8.59. The number of hydrogen-bond acceptors (Lipinski definition) is 3. The standard InChI is InChI=1S/C21H21N3O/c22-21(19-12-7-13-23-14-19)24-15-20(18-10-5-2-6-11-18)25-16-17-8-3-1-4-9-17/h1-14,20H,15-16H2,(H2,22,24). The Hall–Kier alpha value is -2.98. The minimum atomic E-state index is -0.156. The van der Waals surface area contributed by atoms with Gasteiger partial charge in [-0.25, -0.2) is 0 Å². The normalized spacial score (nSPS) is 12.7. The van der Waals surface area contributed by atoms with Gasteiger partial charge in [-0.3, -0.25) is 9.98 Å². The Labute approximate surface area is 148 Å². The highest BCUT2D eigenvalue weighted by molar-refractivity contribution is 5.97. The lowest BCUT2D eigenvalue weighted by Crippen LogP contribution is -2.17. The number of hydrogen-bond donors (Lipinski definition) is 1. The average molecular weight is 331 g/mol. The van der Waals surface area contributed by atoms with Crippen LogP contribution in [0.15, 0.2) is 90.2 Å². The van der Waals surface area contributed by atoms with Crippen molar-refractivity contribution in [2.24, 2.45) is 10.7 Å². The van der Waals surface area contributed by atoms with Gasteiger partial charge in [0.25, 0.3) is 0 Å². The van der Waals surface area contributed by atoms with Crippen LogP contribution in [0.1, 0.15) is 22.8 Å². The predicted molar refractivity (Wildman–Crippen MR) is 100 cm³/mol. The van der Waals surface area contributed by atoms with Gasteiger partial charge < -0.3 is 10.5 Å². The summed E-state index contributed by atoms with van der Waals surface area (Å²) in [5, 5.41) is 0. The summed E-state index contributed by atoms with van der Waals surface area (Å²) in [6, 6.07) is 23.9. The summed E-state index contributed by atoms with van der Waals surface area (Å²) >= 11 is 0. The lowest BCUT2D eigenvalue weighted by Gasteiger charge is -2.17. The molecule has 4 nitrogen and oxygen atoms in total. The molecule has 0 fully saturated rings. The number of aliphatic imine (C=N–C) groups is 1. The summed E-state index contributed by atoms with van der Waals surface area (Å²) in [6.07, 6.45) is 3.27. The molecule has 1 heterocycles. The highest BCUT2D eigenvalue weighted by atomic mass is 16.5. The molecule has 0 saturated carbocycles. The highest BCUT2D eigenvalue weighted by Gasteiger charge is 2.12. The van der Waals surface area contributed by atoms with E-state index in [0.29, 0.717) is 19.0 Å². The summed E-state index contributed by atoms with van der Waals surface area (Å²) in [5.41, 5.74) is 9.12. The number of nitrogens with zero attached hydrogens (tertiary/aromatic N) is 2. The Morgan fingerprint density at radius 3 is 2.36 bits per heavy atom. The van der Waals surface area contributed by atoms with Gasteiger partial charge >= 0.3 is 0 Å². The molecule has 25 heavy (non-hydrogen) atoms. The first-order valence-corrected chi connectivity index (χ1v) is 8.24. The highest BCUT2D eigenvalue weighted by Crippen LogP contribution is 2.20. The lowest BCUT2D eigenvalue weighted by atomic mass is 10.1. The maximum Gasteiger partial charge on any atom is 0.127 e. The van der Waals surface area contributed by atoms with Gasteiger partial charge in [-0.2, -0.15) is 0 Å². The van der Waals surface area contributed by atoms with Crippen molar-refractivity contribution >= 4 is 5.84 Å². The zero-order valence-corrected chi connectivity index (χ0v) is 14.0. The van der Waals surface area contributed by atoms with Gasteiger partial charge in [0.15, 0.2) is 0 Å². The molecule has 2 N–H and O–H groups in total. The van der Waals surface area contributed by atoms with Gasteiger partial charge in [0.2, 0.25) is 0 Å². The Bertz CT molecular complexity index is 789. The maximum atomic E-state index is 6.12. The predicted octanol–water partition coefficient (Wildman–Crippen LogP) is 3.75. The number of aromatic nitrogens is 1. The average Bonchev–Trinajstić information content (AvgIpc) is 2.70. The largest absolute Gasteiger partial charge is 0.383 e. The second-order valence-corrected chi connectivity index (χ2v) is 5.66. The van der Waals surface area contributed by atoms with Crippen LogP contribution in [0.3, 0.4) is 0 Å². The number of nitrogens with two attached hydrogens (primary N) is 1. The minimum absolute atomic E-state index is 0.156. The zero-order valence-electron chi connectivity index (χ0n) is 14.0. The first kappa shape index (κ1) is 16.9. The molecule has 0 radical (unpaired) electrons. The van der Waals surface area contributed by atoms with Crippen LogP contribution < -0.4 is 5.73 Å². The van der Waals surface area contributed by atoms with Crippen molar-refractivity contribution < 1.29 is 4.74 Å². The van der Waals surface area contributed by atoms with Crippen LogP contribution >= 0.6 is 0 Å². The van der Waals surface area contributed by atoms with E-state index in [9.17, 15) is 0 Å². The molecule has 1 aromatic heterocycles. The molecule has 1 unspecified atom stereocenters. The zero-order chi connectivity index (χ0) is 17.3. The van der Waals surface area contributed by atoms with Crippen LogP contribution in [-0.4, -0.2) is 17.4 Å². The van der Waals surface area contributed by atoms with E-state index in [1.807, 2.05) is 60.7 Å². The van der Waals surface area contributed by atoms with Crippen LogP contribution in [-0.2, 0) is 11.3 Å². The van der Waals surface area contributed by atoms with Crippen molar-refractivity contribution in [1.29, 1.82) is 0 Å². The van der Waals surface area contributed by atoms with E-state index >= 15 is 0 Å². The molecule has 0 aliphatic carbocycles. The molecule has 0 amide bonds. The Morgan fingerprint density at radius 1 is 0.960 bits per heavy atom. The molecule has 3 rings (SSSR count). The van der Waals surface area contributed by atoms with E-state index in [0.717, 1.165) is 16.7 Å². The second kappa shape index (κ2) is 8.76. The van der Waals surface area contributed by atoms with E-state index in [4.69, 9.17) is 10.5 Å². The minimum Gasteiger partial charge on any atom is -0.383 e. The number of ether oxygens (including phenoxy) is 1. The van der Waals surface area contributed by atoms with E-state index in [1.54, 1.807) is 12.4 Å². The Morgan fingerprint density at radius 2 is 1.68 bits per heavy atom. The Balaban J connectivity index is 1.72. The van der Waals surface area contributed by atoms with E-state index < -0.39 is 0 Å². The molecule has 0 aliphatic rings. The van der Waals surface area contributed by atoms with Crippen LogP contribution in [0, 0.1) is 0 Å². The van der Waals surface area contributed by atoms with E-state index in [1.165, 1.54) is 0 Å². The van der Waals surface area contributed by atoms with Crippen molar-refractivity contribution in [3.8, 4) is 0 Å². The van der Waals surface area contributed by atoms with E-state index in [-0.39, 0.29) is 6.10 Å². The third kappa shape index (κ3) is 4.99. The quantitative estimate of drug-likeness (QED) is 0.530. The van der Waals surface area contributed by atoms with Crippen molar-refractivity contribution in [3.05, 3.63) is 102 Å². The molecule has 0 aliphatic heterocycles. The fourth-order valence-electron chi connectivity index (χ4n) is 2.48. The van der Waals surface area contributed by atoms with Crippen LogP contribution in [0.4, 0.5) is 0 Å². The first-order valence-electron chi connectivity index (χ1n) is 8.24. The molecule has 0 bridgehead atoms. The molecule has 0 saturated heterocycles. The molecule has 126 valence electrons. The van der Waals surface area contributed by atoms with Crippen molar-refractivity contribution in [3.63, 3.8) is 0 Å². The molecular weight excluding hydrogens is 310 g/mol. The van der Waals surface area contributed by atoms with Gasteiger partial charge in [-0.1, -0.05) is 60.7 Å². The number of amidine groups is 1. The summed E-state index contributed by atoms with van der Waals surface area (Å²) < 4.78 is 6.12. The molecule has 1 atom stereocenters. The van der Waals surface area contributed by atoms with Crippen LogP contribution in [0.5, 0.6) is 0 Å².